The first-order valence-corrected chi connectivity index (χ1v) is 5.71. The Kier molecular flexibility index (Phi) is 3.02. The zero-order valence-electron chi connectivity index (χ0n) is 9.36. The molecule has 0 unspecified atom stereocenters. The van der Waals surface area contributed by atoms with Crippen molar-refractivity contribution in [3.8, 4) is 0 Å². The van der Waals surface area contributed by atoms with E-state index in [-0.39, 0.29) is 5.69 Å². The number of nitrogens with zero attached hydrogens (tertiary/aromatic N) is 1. The van der Waals surface area contributed by atoms with Crippen molar-refractivity contribution in [2.45, 2.75) is 0 Å². The molecule has 0 bridgehead atoms. The molecule has 0 fully saturated rings. The van der Waals surface area contributed by atoms with E-state index in [0.717, 1.165) is 15.4 Å². The minimum Gasteiger partial charge on any atom is -0.464 e. The van der Waals surface area contributed by atoms with Gasteiger partial charge in [-0.2, -0.15) is 0 Å². The highest BCUT2D eigenvalue weighted by atomic mass is 79.9. The van der Waals surface area contributed by atoms with Gasteiger partial charge in [-0.25, -0.2) is 4.79 Å². The summed E-state index contributed by atoms with van der Waals surface area (Å²) in [7, 11) is 3.03. The number of hydrogen-bond acceptors (Lipinski definition) is 3. The van der Waals surface area contributed by atoms with Crippen molar-refractivity contribution in [3.63, 3.8) is 0 Å². The molecule has 1 heterocycles. The Balaban J connectivity index is 2.94. The molecule has 1 aromatic heterocycles. The molecule has 0 saturated carbocycles. The molecule has 0 aliphatic carbocycles. The Bertz CT molecular complexity index is 616. The molecule has 0 aliphatic heterocycles. The van der Waals surface area contributed by atoms with Crippen LogP contribution in [0.1, 0.15) is 20.8 Å². The lowest BCUT2D eigenvalue weighted by atomic mass is 10.1. The molecule has 0 spiro atoms. The molecule has 0 N–H and O–H groups in total. The zero-order valence-corrected chi connectivity index (χ0v) is 10.9. The predicted octanol–water partition coefficient (Wildman–Crippen LogP) is 2.54. The van der Waals surface area contributed by atoms with Crippen LogP contribution in [0, 0.1) is 0 Å². The molecule has 0 saturated heterocycles. The summed E-state index contributed by atoms with van der Waals surface area (Å²) < 4.78 is 7.14. The predicted molar refractivity (Wildman–Crippen MR) is 67.3 cm³/mol. The summed E-state index contributed by atoms with van der Waals surface area (Å²) in [6, 6.07) is 5.53. The van der Waals surface area contributed by atoms with E-state index in [4.69, 9.17) is 4.74 Å². The summed E-state index contributed by atoms with van der Waals surface area (Å²) in [6.45, 7) is 0. The molecule has 0 atom stereocenters. The van der Waals surface area contributed by atoms with E-state index in [1.165, 1.54) is 7.11 Å². The Labute approximate surface area is 106 Å². The third-order valence-corrected chi connectivity index (χ3v) is 3.37. The van der Waals surface area contributed by atoms with E-state index in [1.807, 2.05) is 18.2 Å². The third kappa shape index (κ3) is 1.67. The summed E-state index contributed by atoms with van der Waals surface area (Å²) in [5.41, 5.74) is 1.42. The number of esters is 1. The van der Waals surface area contributed by atoms with Crippen molar-refractivity contribution < 1.29 is 14.3 Å². The highest BCUT2D eigenvalue weighted by molar-refractivity contribution is 9.10. The molecule has 2 rings (SSSR count). The Hall–Kier alpha value is -1.62. The molecule has 5 heteroatoms. The van der Waals surface area contributed by atoms with E-state index >= 15 is 0 Å². The van der Waals surface area contributed by atoms with Crippen LogP contribution in [-0.4, -0.2) is 23.9 Å². The second-order valence-electron chi connectivity index (χ2n) is 3.56. The standard InChI is InChI=1S/C12H10BrNO3/c1-14-9-5-3-4-8(13)10(9)7(6-15)11(14)12(16)17-2/h3-6H,1-2H3. The maximum Gasteiger partial charge on any atom is 0.355 e. The number of carbonyl (C=O) groups is 2. The SMILES string of the molecule is COC(=O)c1c(C=O)c2c(Br)cccc2n1C. The molecule has 1 aromatic carbocycles. The van der Waals surface area contributed by atoms with Crippen molar-refractivity contribution in [2.24, 2.45) is 7.05 Å². The molecule has 0 aliphatic rings. The van der Waals surface area contributed by atoms with E-state index in [0.29, 0.717) is 11.8 Å². The fraction of sp³-hybridized carbons (Fsp3) is 0.167. The Morgan fingerprint density at radius 3 is 2.76 bits per heavy atom. The van der Waals surface area contributed by atoms with Gasteiger partial charge in [-0.1, -0.05) is 22.0 Å². The van der Waals surface area contributed by atoms with Gasteiger partial charge in [0.1, 0.15) is 5.69 Å². The number of methoxy groups -OCH3 is 1. The number of aryl methyl sites for hydroxylation is 1. The summed E-state index contributed by atoms with van der Waals surface area (Å²) in [6.07, 6.45) is 0.680. The third-order valence-electron chi connectivity index (χ3n) is 2.71. The molecule has 0 radical (unpaired) electrons. The number of aromatic nitrogens is 1. The number of aldehydes is 1. The molecule has 2 aromatic rings. The Morgan fingerprint density at radius 2 is 2.18 bits per heavy atom. The van der Waals surface area contributed by atoms with Crippen molar-refractivity contribution in [1.82, 2.24) is 4.57 Å². The first-order valence-electron chi connectivity index (χ1n) is 4.92. The number of rotatable bonds is 2. The number of halogens is 1. The smallest absolute Gasteiger partial charge is 0.355 e. The van der Waals surface area contributed by atoms with Crippen LogP contribution >= 0.6 is 15.9 Å². The van der Waals surface area contributed by atoms with E-state index in [9.17, 15) is 9.59 Å². The van der Waals surface area contributed by atoms with Crippen LogP contribution in [0.4, 0.5) is 0 Å². The van der Waals surface area contributed by atoms with Gasteiger partial charge in [0, 0.05) is 16.9 Å². The lowest BCUT2D eigenvalue weighted by molar-refractivity contribution is 0.0588. The van der Waals surface area contributed by atoms with E-state index in [1.54, 1.807) is 11.6 Å². The van der Waals surface area contributed by atoms with Gasteiger partial charge in [-0.3, -0.25) is 4.79 Å². The second kappa shape index (κ2) is 4.33. The number of fused-ring (bicyclic) bond motifs is 1. The summed E-state index contributed by atoms with van der Waals surface area (Å²) in [4.78, 5) is 22.9. The highest BCUT2D eigenvalue weighted by Crippen LogP contribution is 2.30. The minimum atomic E-state index is -0.516. The van der Waals surface area contributed by atoms with Gasteiger partial charge < -0.3 is 9.30 Å². The summed E-state index contributed by atoms with van der Waals surface area (Å²) in [5, 5.41) is 0.727. The van der Waals surface area contributed by atoms with Gasteiger partial charge in [0.05, 0.1) is 18.2 Å². The first-order chi connectivity index (χ1) is 8.11. The molecule has 88 valence electrons. The molecular weight excluding hydrogens is 286 g/mol. The van der Waals surface area contributed by atoms with Crippen molar-refractivity contribution in [1.29, 1.82) is 0 Å². The maximum atomic E-state index is 11.7. The molecular formula is C12H10BrNO3. The number of hydrogen-bond donors (Lipinski definition) is 0. The van der Waals surface area contributed by atoms with Gasteiger partial charge in [0.25, 0.3) is 0 Å². The van der Waals surface area contributed by atoms with Crippen molar-refractivity contribution >= 4 is 39.1 Å². The van der Waals surface area contributed by atoms with Crippen molar-refractivity contribution in [2.75, 3.05) is 7.11 Å². The van der Waals surface area contributed by atoms with Crippen LogP contribution < -0.4 is 0 Å². The van der Waals surface area contributed by atoms with Crippen LogP contribution in [0.25, 0.3) is 10.9 Å². The van der Waals surface area contributed by atoms with Gasteiger partial charge in [0.15, 0.2) is 6.29 Å². The summed E-state index contributed by atoms with van der Waals surface area (Å²) in [5.74, 6) is -0.516. The molecule has 4 nitrogen and oxygen atoms in total. The van der Waals surface area contributed by atoms with Crippen LogP contribution in [0.5, 0.6) is 0 Å². The van der Waals surface area contributed by atoms with Gasteiger partial charge >= 0.3 is 5.97 Å². The van der Waals surface area contributed by atoms with Crippen LogP contribution in [0.15, 0.2) is 22.7 Å². The van der Waals surface area contributed by atoms with Crippen LogP contribution in [-0.2, 0) is 11.8 Å². The van der Waals surface area contributed by atoms with Gasteiger partial charge in [-0.15, -0.1) is 0 Å². The van der Waals surface area contributed by atoms with Crippen LogP contribution in [0.3, 0.4) is 0 Å². The monoisotopic (exact) mass is 295 g/mol. The summed E-state index contributed by atoms with van der Waals surface area (Å²) >= 11 is 3.38. The van der Waals surface area contributed by atoms with Crippen molar-refractivity contribution in [3.05, 3.63) is 33.9 Å². The second-order valence-corrected chi connectivity index (χ2v) is 4.42. The first kappa shape index (κ1) is 11.9. The number of benzene rings is 1. The zero-order chi connectivity index (χ0) is 12.6. The quantitative estimate of drug-likeness (QED) is 0.632. The number of carbonyl (C=O) groups excluding carboxylic acids is 2. The maximum absolute atomic E-state index is 11.7. The topological polar surface area (TPSA) is 48.3 Å². The van der Waals surface area contributed by atoms with Crippen LogP contribution in [0.2, 0.25) is 0 Å². The molecule has 0 amide bonds. The Morgan fingerprint density at radius 1 is 1.47 bits per heavy atom. The highest BCUT2D eigenvalue weighted by Gasteiger charge is 2.22. The van der Waals surface area contributed by atoms with Gasteiger partial charge in [0.2, 0.25) is 0 Å². The van der Waals surface area contributed by atoms with Gasteiger partial charge in [-0.05, 0) is 12.1 Å². The fourth-order valence-corrected chi connectivity index (χ4v) is 2.51. The molecule has 17 heavy (non-hydrogen) atoms. The average Bonchev–Trinajstić information content (AvgIpc) is 2.63. The lowest BCUT2D eigenvalue weighted by Gasteiger charge is -2.02. The average molecular weight is 296 g/mol. The lowest BCUT2D eigenvalue weighted by Crippen LogP contribution is -2.09. The minimum absolute atomic E-state index is 0.268. The fourth-order valence-electron chi connectivity index (χ4n) is 1.94. The van der Waals surface area contributed by atoms with E-state index < -0.39 is 5.97 Å². The largest absolute Gasteiger partial charge is 0.464 e. The van der Waals surface area contributed by atoms with E-state index in [2.05, 4.69) is 15.9 Å². The number of ether oxygens (including phenoxy) is 1. The normalized spacial score (nSPS) is 10.5.